The zero-order valence-electron chi connectivity index (χ0n) is 20.1. The minimum atomic E-state index is -4.21. The van der Waals surface area contributed by atoms with Crippen molar-refractivity contribution in [3.05, 3.63) is 77.1 Å². The van der Waals surface area contributed by atoms with Gasteiger partial charge in [0.25, 0.3) is 0 Å². The smallest absolute Gasteiger partial charge is 0.344 e. The van der Waals surface area contributed by atoms with Gasteiger partial charge in [-0.25, -0.2) is 31.1 Å². The standard InChI is InChI=1S/C25H24F3N3O6S/c1-2-36-23(33)13-37-21-11-15(17-9-18(26)24(28)19(27)10-17)4-3-14(21)7-8-31-38(34,35)22-12-16(25(29)30)5-6-20(22)32/h3-6,9-12,31-32H,2,7-8,13H2,1H3,(H3,29,30). The molecular weight excluding hydrogens is 527 g/mol. The molecule has 0 aromatic heterocycles. The molecular formula is C25H24F3N3O6S. The zero-order valence-corrected chi connectivity index (χ0v) is 20.9. The van der Waals surface area contributed by atoms with Crippen LogP contribution in [0.2, 0.25) is 0 Å². The quantitative estimate of drug-likeness (QED) is 0.124. The van der Waals surface area contributed by atoms with E-state index in [0.717, 1.165) is 24.3 Å². The summed E-state index contributed by atoms with van der Waals surface area (Å²) < 4.78 is 79.1. The van der Waals surface area contributed by atoms with E-state index in [-0.39, 0.29) is 47.8 Å². The number of hydrogen-bond donors (Lipinski definition) is 4. The van der Waals surface area contributed by atoms with Crippen LogP contribution < -0.4 is 15.2 Å². The molecule has 0 saturated carbocycles. The summed E-state index contributed by atoms with van der Waals surface area (Å²) in [4.78, 5) is 11.3. The number of esters is 1. The second kappa shape index (κ2) is 12.0. The Morgan fingerprint density at radius 2 is 1.74 bits per heavy atom. The number of sulfonamides is 1. The summed E-state index contributed by atoms with van der Waals surface area (Å²) in [5.74, 6) is -5.88. The lowest BCUT2D eigenvalue weighted by Gasteiger charge is -2.14. The third kappa shape index (κ3) is 6.81. The first-order chi connectivity index (χ1) is 17.9. The Hall–Kier alpha value is -4.10. The highest BCUT2D eigenvalue weighted by atomic mass is 32.2. The van der Waals surface area contributed by atoms with Crippen molar-refractivity contribution in [2.24, 2.45) is 5.73 Å². The Balaban J connectivity index is 1.85. The van der Waals surface area contributed by atoms with E-state index >= 15 is 0 Å². The van der Waals surface area contributed by atoms with E-state index in [1.54, 1.807) is 6.92 Å². The number of halogens is 3. The van der Waals surface area contributed by atoms with Crippen molar-refractivity contribution in [1.82, 2.24) is 4.72 Å². The number of aromatic hydroxyl groups is 1. The molecule has 0 spiro atoms. The van der Waals surface area contributed by atoms with Crippen molar-refractivity contribution in [3.63, 3.8) is 0 Å². The second-order valence-corrected chi connectivity index (χ2v) is 9.65. The lowest BCUT2D eigenvalue weighted by atomic mass is 10.0. The minimum absolute atomic E-state index is 0.00969. The topological polar surface area (TPSA) is 152 Å². The molecule has 5 N–H and O–H groups in total. The number of benzene rings is 3. The minimum Gasteiger partial charge on any atom is -0.507 e. The van der Waals surface area contributed by atoms with Crippen molar-refractivity contribution < 1.29 is 41.0 Å². The number of carbonyl (C=O) groups excluding carboxylic acids is 1. The van der Waals surface area contributed by atoms with Gasteiger partial charge in [0.15, 0.2) is 24.1 Å². The normalized spacial score (nSPS) is 11.3. The monoisotopic (exact) mass is 551 g/mol. The number of amidine groups is 1. The number of hydrogen-bond acceptors (Lipinski definition) is 7. The molecule has 0 aliphatic rings. The number of nitrogen functional groups attached to an aromatic ring is 1. The number of phenols is 1. The summed E-state index contributed by atoms with van der Waals surface area (Å²) in [7, 11) is -4.21. The molecule has 9 nitrogen and oxygen atoms in total. The Bertz CT molecular complexity index is 1460. The van der Waals surface area contributed by atoms with Crippen molar-refractivity contribution >= 4 is 21.8 Å². The highest BCUT2D eigenvalue weighted by molar-refractivity contribution is 7.89. The summed E-state index contributed by atoms with van der Waals surface area (Å²) in [6, 6.07) is 9.40. The van der Waals surface area contributed by atoms with E-state index in [1.165, 1.54) is 24.3 Å². The molecule has 0 amide bonds. The van der Waals surface area contributed by atoms with Gasteiger partial charge in [0.1, 0.15) is 22.2 Å². The average Bonchev–Trinajstić information content (AvgIpc) is 2.86. The van der Waals surface area contributed by atoms with Crippen LogP contribution in [-0.4, -0.2) is 45.1 Å². The maximum Gasteiger partial charge on any atom is 0.344 e. The molecule has 3 aromatic rings. The van der Waals surface area contributed by atoms with Gasteiger partial charge < -0.3 is 20.3 Å². The number of nitrogens with two attached hydrogens (primary N) is 1. The molecule has 3 aromatic carbocycles. The molecule has 13 heteroatoms. The molecule has 0 bridgehead atoms. The molecule has 202 valence electrons. The predicted molar refractivity (Wildman–Crippen MR) is 132 cm³/mol. The fourth-order valence-electron chi connectivity index (χ4n) is 3.43. The highest BCUT2D eigenvalue weighted by Gasteiger charge is 2.20. The summed E-state index contributed by atoms with van der Waals surface area (Å²) >= 11 is 0. The van der Waals surface area contributed by atoms with Gasteiger partial charge in [0.2, 0.25) is 10.0 Å². The molecule has 0 unspecified atom stereocenters. The lowest BCUT2D eigenvalue weighted by Crippen LogP contribution is -2.26. The van der Waals surface area contributed by atoms with Gasteiger partial charge >= 0.3 is 5.97 Å². The Morgan fingerprint density at radius 3 is 2.37 bits per heavy atom. The lowest BCUT2D eigenvalue weighted by molar-refractivity contribution is -0.145. The third-order valence-electron chi connectivity index (χ3n) is 5.28. The molecule has 38 heavy (non-hydrogen) atoms. The van der Waals surface area contributed by atoms with E-state index in [4.69, 9.17) is 20.6 Å². The number of ether oxygens (including phenoxy) is 2. The van der Waals surface area contributed by atoms with Crippen LogP contribution in [0.15, 0.2) is 53.4 Å². The SMILES string of the molecule is CCOC(=O)COc1cc(-c2cc(F)c(F)c(F)c2)ccc1CCNS(=O)(=O)c1cc(C(=N)N)ccc1O. The first kappa shape index (κ1) is 28.5. The van der Waals surface area contributed by atoms with Crippen molar-refractivity contribution in [2.75, 3.05) is 19.8 Å². The summed E-state index contributed by atoms with van der Waals surface area (Å²) in [5, 5.41) is 17.5. The largest absolute Gasteiger partial charge is 0.507 e. The van der Waals surface area contributed by atoms with Crippen LogP contribution in [0.1, 0.15) is 18.1 Å². The Kier molecular flexibility index (Phi) is 8.96. The van der Waals surface area contributed by atoms with Gasteiger partial charge in [-0.15, -0.1) is 0 Å². The van der Waals surface area contributed by atoms with Gasteiger partial charge in [-0.3, -0.25) is 5.41 Å². The Labute approximate surface area is 216 Å². The number of rotatable bonds is 11. The molecule has 0 heterocycles. The van der Waals surface area contributed by atoms with Crippen LogP contribution in [-0.2, 0) is 26.0 Å². The fraction of sp³-hybridized carbons (Fsp3) is 0.200. The van der Waals surface area contributed by atoms with Crippen molar-refractivity contribution in [2.45, 2.75) is 18.2 Å². The van der Waals surface area contributed by atoms with Crippen LogP contribution in [0.3, 0.4) is 0 Å². The van der Waals surface area contributed by atoms with E-state index in [9.17, 15) is 31.5 Å². The van der Waals surface area contributed by atoms with Crippen LogP contribution in [0, 0.1) is 22.9 Å². The molecule has 0 aliphatic carbocycles. The van der Waals surface area contributed by atoms with Gasteiger partial charge in [-0.2, -0.15) is 0 Å². The maximum absolute atomic E-state index is 13.8. The molecule has 0 atom stereocenters. The fourth-order valence-corrected chi connectivity index (χ4v) is 4.58. The van der Waals surface area contributed by atoms with Crippen molar-refractivity contribution in [1.29, 1.82) is 5.41 Å². The predicted octanol–water partition coefficient (Wildman–Crippen LogP) is 3.22. The van der Waals surface area contributed by atoms with E-state index in [2.05, 4.69) is 4.72 Å². The average molecular weight is 552 g/mol. The Morgan fingerprint density at radius 1 is 1.05 bits per heavy atom. The van der Waals surface area contributed by atoms with E-state index in [0.29, 0.717) is 5.56 Å². The molecule has 0 saturated heterocycles. The van der Waals surface area contributed by atoms with Crippen molar-refractivity contribution in [3.8, 4) is 22.6 Å². The van der Waals surface area contributed by atoms with Crippen LogP contribution in [0.25, 0.3) is 11.1 Å². The van der Waals surface area contributed by atoms with Gasteiger partial charge in [0.05, 0.1) is 6.61 Å². The molecule has 0 aliphatic heterocycles. The molecule has 0 radical (unpaired) electrons. The first-order valence-electron chi connectivity index (χ1n) is 11.2. The van der Waals surface area contributed by atoms with Gasteiger partial charge in [0, 0.05) is 12.1 Å². The maximum atomic E-state index is 13.8. The van der Waals surface area contributed by atoms with Crippen LogP contribution in [0.5, 0.6) is 11.5 Å². The van der Waals surface area contributed by atoms with E-state index in [1.807, 2.05) is 0 Å². The summed E-state index contributed by atoms with van der Waals surface area (Å²) in [6.07, 6.45) is 0.0387. The molecule has 3 rings (SSSR count). The highest BCUT2D eigenvalue weighted by Crippen LogP contribution is 2.30. The first-order valence-corrected chi connectivity index (χ1v) is 12.6. The molecule has 0 fully saturated rings. The number of nitrogens with one attached hydrogen (secondary N) is 2. The van der Waals surface area contributed by atoms with Gasteiger partial charge in [-0.05, 0) is 66.4 Å². The number of phenolic OH excluding ortho intramolecular Hbond substituents is 1. The van der Waals surface area contributed by atoms with Gasteiger partial charge in [-0.1, -0.05) is 12.1 Å². The zero-order chi connectivity index (χ0) is 28.0. The summed E-state index contributed by atoms with van der Waals surface area (Å²) in [6.45, 7) is 1.05. The second-order valence-electron chi connectivity index (χ2n) is 7.91. The van der Waals surface area contributed by atoms with Crippen LogP contribution in [0.4, 0.5) is 13.2 Å². The number of carbonyl (C=O) groups is 1. The van der Waals surface area contributed by atoms with Crippen LogP contribution >= 0.6 is 0 Å². The third-order valence-corrected chi connectivity index (χ3v) is 6.77. The van der Waals surface area contributed by atoms with E-state index < -0.39 is 50.7 Å². The summed E-state index contributed by atoms with van der Waals surface area (Å²) in [5.41, 5.74) is 6.17.